The van der Waals surface area contributed by atoms with Crippen LogP contribution in [0.5, 0.6) is 0 Å². The summed E-state index contributed by atoms with van der Waals surface area (Å²) in [5.74, 6) is -3.16. The summed E-state index contributed by atoms with van der Waals surface area (Å²) < 4.78 is 41.5. The number of nitrogens with one attached hydrogen (secondary N) is 1. The smallest absolute Gasteiger partial charge is 0.261 e. The number of benzene rings is 2. The predicted octanol–water partition coefficient (Wildman–Crippen LogP) is 3.21. The monoisotopic (exact) mass is 332 g/mol. The first-order chi connectivity index (χ1) is 11.4. The number of fused-ring (bicyclic) bond motifs is 1. The molecule has 0 atom stereocenters. The molecule has 24 heavy (non-hydrogen) atoms. The molecule has 0 fully saturated rings. The maximum absolute atomic E-state index is 13.9. The molecule has 0 aliphatic rings. The third-order valence-electron chi connectivity index (χ3n) is 3.52. The number of nitrogens with zero attached hydrogens (tertiary/aromatic N) is 1. The molecule has 3 rings (SSSR count). The van der Waals surface area contributed by atoms with Gasteiger partial charge in [0.15, 0.2) is 0 Å². The normalized spacial score (nSPS) is 10.8. The molecule has 122 valence electrons. The van der Waals surface area contributed by atoms with E-state index in [9.17, 15) is 22.8 Å². The highest BCUT2D eigenvalue weighted by Gasteiger charge is 2.17. The van der Waals surface area contributed by atoms with Gasteiger partial charge in [-0.2, -0.15) is 0 Å². The van der Waals surface area contributed by atoms with Crippen molar-refractivity contribution in [2.45, 2.75) is 0 Å². The molecule has 1 N–H and O–H groups in total. The molecule has 0 saturated carbocycles. The van der Waals surface area contributed by atoms with E-state index in [4.69, 9.17) is 0 Å². The van der Waals surface area contributed by atoms with Gasteiger partial charge in [-0.25, -0.2) is 13.2 Å². The molecule has 3 aromatic rings. The summed E-state index contributed by atoms with van der Waals surface area (Å²) in [4.78, 5) is 24.7. The van der Waals surface area contributed by atoms with Gasteiger partial charge in [0.1, 0.15) is 23.0 Å². The van der Waals surface area contributed by atoms with Gasteiger partial charge in [-0.05, 0) is 24.3 Å². The molecule has 0 unspecified atom stereocenters. The quantitative estimate of drug-likeness (QED) is 0.783. The lowest BCUT2D eigenvalue weighted by molar-refractivity contribution is 0.102. The lowest BCUT2D eigenvalue weighted by Gasteiger charge is -2.10. The van der Waals surface area contributed by atoms with Gasteiger partial charge in [-0.3, -0.25) is 9.59 Å². The topological polar surface area (TPSA) is 51.1 Å². The van der Waals surface area contributed by atoms with Crippen molar-refractivity contribution < 1.29 is 18.0 Å². The van der Waals surface area contributed by atoms with E-state index >= 15 is 0 Å². The van der Waals surface area contributed by atoms with E-state index in [-0.39, 0.29) is 22.2 Å². The zero-order chi connectivity index (χ0) is 17.4. The first kappa shape index (κ1) is 15.8. The minimum atomic E-state index is -0.862. The zero-order valence-electron chi connectivity index (χ0n) is 12.4. The Bertz CT molecular complexity index is 1010. The van der Waals surface area contributed by atoms with Crippen LogP contribution in [0.25, 0.3) is 10.9 Å². The number of hydrogen-bond donors (Lipinski definition) is 1. The third kappa shape index (κ3) is 2.76. The molecular weight excluding hydrogens is 321 g/mol. The van der Waals surface area contributed by atoms with E-state index in [1.807, 2.05) is 0 Å². The Morgan fingerprint density at radius 3 is 2.42 bits per heavy atom. The third-order valence-corrected chi connectivity index (χ3v) is 3.52. The molecule has 2 aromatic carbocycles. The second-order valence-electron chi connectivity index (χ2n) is 5.23. The molecule has 0 aliphatic carbocycles. The Balaban J connectivity index is 2.08. The van der Waals surface area contributed by atoms with Crippen molar-refractivity contribution in [3.05, 3.63) is 75.8 Å². The number of carbonyl (C=O) groups excluding carboxylic acids is 1. The lowest BCUT2D eigenvalue weighted by atomic mass is 10.1. The van der Waals surface area contributed by atoms with Crippen LogP contribution in [0.3, 0.4) is 0 Å². The number of rotatable bonds is 2. The van der Waals surface area contributed by atoms with Crippen molar-refractivity contribution in [2.75, 3.05) is 5.32 Å². The van der Waals surface area contributed by atoms with Gasteiger partial charge in [-0.15, -0.1) is 0 Å². The van der Waals surface area contributed by atoms with Crippen LogP contribution in [0.4, 0.5) is 18.9 Å². The summed E-state index contributed by atoms with van der Waals surface area (Å²) in [5.41, 5.74) is -0.994. The van der Waals surface area contributed by atoms with Gasteiger partial charge in [0.2, 0.25) is 5.43 Å². The van der Waals surface area contributed by atoms with Crippen molar-refractivity contribution in [3.8, 4) is 0 Å². The predicted molar refractivity (Wildman–Crippen MR) is 83.5 cm³/mol. The van der Waals surface area contributed by atoms with Gasteiger partial charge < -0.3 is 9.88 Å². The highest BCUT2D eigenvalue weighted by atomic mass is 19.1. The van der Waals surface area contributed by atoms with Crippen LogP contribution in [0.1, 0.15) is 10.4 Å². The van der Waals surface area contributed by atoms with E-state index in [1.54, 1.807) is 0 Å². The van der Waals surface area contributed by atoms with E-state index in [1.165, 1.54) is 36.0 Å². The van der Waals surface area contributed by atoms with Crippen molar-refractivity contribution >= 4 is 22.5 Å². The highest BCUT2D eigenvalue weighted by molar-refractivity contribution is 6.05. The van der Waals surface area contributed by atoms with Crippen LogP contribution in [-0.4, -0.2) is 10.5 Å². The van der Waals surface area contributed by atoms with Crippen LogP contribution in [0.15, 0.2) is 47.4 Å². The summed E-state index contributed by atoms with van der Waals surface area (Å²) in [6.07, 6.45) is 1.18. The van der Waals surface area contributed by atoms with Crippen molar-refractivity contribution in [2.24, 2.45) is 7.05 Å². The average molecular weight is 332 g/mol. The Morgan fingerprint density at radius 1 is 1.08 bits per heavy atom. The molecular formula is C17H11F3N2O2. The van der Waals surface area contributed by atoms with Gasteiger partial charge in [0, 0.05) is 30.4 Å². The summed E-state index contributed by atoms with van der Waals surface area (Å²) in [6.45, 7) is 0. The van der Waals surface area contributed by atoms with E-state index in [0.29, 0.717) is 6.07 Å². The Hall–Kier alpha value is -3.09. The van der Waals surface area contributed by atoms with Gasteiger partial charge >= 0.3 is 0 Å². The maximum atomic E-state index is 13.9. The fourth-order valence-corrected chi connectivity index (χ4v) is 2.51. The van der Waals surface area contributed by atoms with Crippen molar-refractivity contribution in [1.82, 2.24) is 4.57 Å². The van der Waals surface area contributed by atoms with Crippen LogP contribution in [0, 0.1) is 17.5 Å². The van der Waals surface area contributed by atoms with Gasteiger partial charge in [-0.1, -0.05) is 6.07 Å². The van der Waals surface area contributed by atoms with E-state index in [0.717, 1.165) is 12.1 Å². The number of halogens is 3. The van der Waals surface area contributed by atoms with Crippen molar-refractivity contribution in [1.29, 1.82) is 0 Å². The van der Waals surface area contributed by atoms with Crippen molar-refractivity contribution in [3.63, 3.8) is 0 Å². The van der Waals surface area contributed by atoms with Crippen LogP contribution >= 0.6 is 0 Å². The molecule has 0 saturated heterocycles. The molecule has 0 bridgehead atoms. The molecule has 1 heterocycles. The number of amides is 1. The summed E-state index contributed by atoms with van der Waals surface area (Å²) in [7, 11) is 1.49. The standard InChI is InChI=1S/C17H11F3N2O2/c1-22-8-13(16(23)12-3-2-4-14(20)15(12)22)17(24)21-11-6-9(18)5-10(19)7-11/h2-8H,1H3,(H,21,24). The minimum absolute atomic E-state index is 0.0376. The summed E-state index contributed by atoms with van der Waals surface area (Å²) in [5, 5.41) is 2.30. The van der Waals surface area contributed by atoms with E-state index in [2.05, 4.69) is 5.32 Å². The number of aromatic nitrogens is 1. The molecule has 4 nitrogen and oxygen atoms in total. The fraction of sp³-hybridized carbons (Fsp3) is 0.0588. The lowest BCUT2D eigenvalue weighted by Crippen LogP contribution is -2.23. The van der Waals surface area contributed by atoms with Crippen LogP contribution < -0.4 is 10.7 Å². The first-order valence-corrected chi connectivity index (χ1v) is 6.92. The highest BCUT2D eigenvalue weighted by Crippen LogP contribution is 2.17. The first-order valence-electron chi connectivity index (χ1n) is 6.92. The number of pyridine rings is 1. The molecule has 7 heteroatoms. The molecule has 1 amide bonds. The number of carbonyl (C=O) groups is 1. The molecule has 0 spiro atoms. The number of para-hydroxylation sites is 1. The maximum Gasteiger partial charge on any atom is 0.261 e. The minimum Gasteiger partial charge on any atom is -0.347 e. The Labute approximate surface area is 134 Å². The average Bonchev–Trinajstić information content (AvgIpc) is 2.49. The second-order valence-corrected chi connectivity index (χ2v) is 5.23. The molecule has 0 radical (unpaired) electrons. The SMILES string of the molecule is Cn1cc(C(=O)Nc2cc(F)cc(F)c2)c(=O)c2cccc(F)c21. The zero-order valence-corrected chi connectivity index (χ0v) is 12.4. The van der Waals surface area contributed by atoms with Crippen LogP contribution in [-0.2, 0) is 7.05 Å². The number of aryl methyl sites for hydroxylation is 1. The Morgan fingerprint density at radius 2 is 1.75 bits per heavy atom. The summed E-state index contributed by atoms with van der Waals surface area (Å²) in [6, 6.07) is 6.48. The largest absolute Gasteiger partial charge is 0.347 e. The number of hydrogen-bond acceptors (Lipinski definition) is 2. The van der Waals surface area contributed by atoms with Gasteiger partial charge in [0.05, 0.1) is 5.52 Å². The fourth-order valence-electron chi connectivity index (χ4n) is 2.51. The van der Waals surface area contributed by atoms with Crippen LogP contribution in [0.2, 0.25) is 0 Å². The second kappa shape index (κ2) is 5.84. The Kier molecular flexibility index (Phi) is 3.84. The van der Waals surface area contributed by atoms with E-state index < -0.39 is 28.8 Å². The molecule has 0 aliphatic heterocycles. The number of anilines is 1. The molecule has 1 aromatic heterocycles. The van der Waals surface area contributed by atoms with Gasteiger partial charge in [0.25, 0.3) is 5.91 Å². The summed E-state index contributed by atoms with van der Waals surface area (Å²) >= 11 is 0.